The fourth-order valence-electron chi connectivity index (χ4n) is 11.1. The van der Waals surface area contributed by atoms with Crippen LogP contribution in [0.4, 0.5) is 28.4 Å². The molecule has 0 amide bonds. The van der Waals surface area contributed by atoms with E-state index >= 15 is 0 Å². The second kappa shape index (κ2) is 16.2. The van der Waals surface area contributed by atoms with Crippen molar-refractivity contribution in [1.29, 1.82) is 0 Å². The van der Waals surface area contributed by atoms with Gasteiger partial charge in [-0.2, -0.15) is 0 Å². The lowest BCUT2D eigenvalue weighted by molar-refractivity contribution is 0.644. The Morgan fingerprint density at radius 2 is 0.897 bits per heavy atom. The van der Waals surface area contributed by atoms with Crippen molar-refractivity contribution in [3.05, 3.63) is 290 Å². The number of anilines is 5. The van der Waals surface area contributed by atoms with Crippen LogP contribution in [0.25, 0.3) is 60.5 Å². The lowest BCUT2D eigenvalue weighted by Crippen LogP contribution is -2.44. The Kier molecular flexibility index (Phi) is 9.40. The topological polar surface area (TPSA) is 11.4 Å². The molecule has 13 rings (SSSR count). The Labute approximate surface area is 396 Å². The summed E-state index contributed by atoms with van der Waals surface area (Å²) in [7, 11) is 0. The van der Waals surface area contributed by atoms with Gasteiger partial charge in [0.05, 0.1) is 16.7 Å². The van der Waals surface area contributed by atoms with E-state index in [-0.39, 0.29) is 0 Å². The van der Waals surface area contributed by atoms with E-state index in [9.17, 15) is 0 Å². The van der Waals surface area contributed by atoms with Crippen LogP contribution < -0.4 is 9.80 Å². The second-order valence-electron chi connectivity index (χ2n) is 17.7. The highest BCUT2D eigenvalue weighted by molar-refractivity contribution is 6.11. The summed E-state index contributed by atoms with van der Waals surface area (Å²) in [5.74, 6) is 0. The third kappa shape index (κ3) is 6.21. The van der Waals surface area contributed by atoms with Crippen LogP contribution in [0.1, 0.15) is 16.7 Å². The number of rotatable bonds is 9. The molecule has 1 heterocycles. The number of para-hydroxylation sites is 3. The molecule has 3 nitrogen and oxygen atoms in total. The van der Waals surface area contributed by atoms with Crippen molar-refractivity contribution in [3.8, 4) is 27.9 Å². The third-order valence-electron chi connectivity index (χ3n) is 13.9. The van der Waals surface area contributed by atoms with Crippen LogP contribution in [0.15, 0.2) is 273 Å². The lowest BCUT2D eigenvalue weighted by Gasteiger charge is -2.45. The van der Waals surface area contributed by atoms with E-state index in [0.717, 1.165) is 45.2 Å². The molecule has 0 fully saturated rings. The molecule has 12 aromatic rings. The van der Waals surface area contributed by atoms with E-state index in [2.05, 4.69) is 287 Å². The van der Waals surface area contributed by atoms with Crippen molar-refractivity contribution < 1.29 is 0 Å². The zero-order valence-electron chi connectivity index (χ0n) is 37.3. The molecule has 1 unspecified atom stereocenters. The van der Waals surface area contributed by atoms with Crippen LogP contribution in [0.2, 0.25) is 0 Å². The van der Waals surface area contributed by atoms with Crippen molar-refractivity contribution >= 4 is 61.0 Å². The molecule has 11 aromatic carbocycles. The molecular weight excluding hydrogens is 823 g/mol. The van der Waals surface area contributed by atoms with Crippen LogP contribution in [0.3, 0.4) is 0 Å². The molecule has 0 N–H and O–H groups in total. The van der Waals surface area contributed by atoms with E-state index in [1.54, 1.807) is 0 Å². The van der Waals surface area contributed by atoms with Gasteiger partial charge in [-0.25, -0.2) is 0 Å². The monoisotopic (exact) mass is 867 g/mol. The fourth-order valence-corrected chi connectivity index (χ4v) is 11.1. The first-order valence-electron chi connectivity index (χ1n) is 23.4. The zero-order chi connectivity index (χ0) is 45.0. The largest absolute Gasteiger partial charge is 0.323 e. The highest BCUT2D eigenvalue weighted by atomic mass is 15.2. The minimum Gasteiger partial charge on any atom is -0.323 e. The van der Waals surface area contributed by atoms with Gasteiger partial charge in [-0.3, -0.25) is 0 Å². The molecule has 1 aliphatic carbocycles. The Morgan fingerprint density at radius 1 is 0.324 bits per heavy atom. The van der Waals surface area contributed by atoms with Gasteiger partial charge in [-0.15, -0.1) is 0 Å². The molecule has 0 bridgehead atoms. The maximum absolute atomic E-state index is 2.59. The molecule has 3 heteroatoms. The van der Waals surface area contributed by atoms with Crippen molar-refractivity contribution in [2.75, 3.05) is 9.80 Å². The highest BCUT2D eigenvalue weighted by Crippen LogP contribution is 2.59. The minimum absolute atomic E-state index is 0.798. The summed E-state index contributed by atoms with van der Waals surface area (Å²) in [5, 5.41) is 4.82. The average molecular weight is 868 g/mol. The van der Waals surface area contributed by atoms with Gasteiger partial charge in [-0.05, 0) is 117 Å². The molecule has 1 aromatic heterocycles. The second-order valence-corrected chi connectivity index (χ2v) is 17.7. The maximum Gasteiger partial charge on any atom is 0.122 e. The van der Waals surface area contributed by atoms with Crippen LogP contribution in [-0.4, -0.2) is 4.57 Å². The molecule has 0 radical (unpaired) electrons. The Hall–Kier alpha value is -8.92. The van der Waals surface area contributed by atoms with E-state index in [1.165, 1.54) is 60.4 Å². The summed E-state index contributed by atoms with van der Waals surface area (Å²) in [4.78, 5) is 5.08. The van der Waals surface area contributed by atoms with Crippen LogP contribution >= 0.6 is 0 Å². The number of hydrogen-bond acceptors (Lipinski definition) is 2. The van der Waals surface area contributed by atoms with Crippen molar-refractivity contribution in [1.82, 2.24) is 4.57 Å². The number of nitrogens with zero attached hydrogens (tertiary/aromatic N) is 3. The molecule has 68 heavy (non-hydrogen) atoms. The van der Waals surface area contributed by atoms with Gasteiger partial charge in [-0.1, -0.05) is 200 Å². The Bertz CT molecular complexity index is 3800. The SMILES string of the molecule is c1ccc(-c2cccc(N(c3ccccc3)C3(c4ccccc4)c4ccccc4-c4ccc(N(c5ccc6c7ccccc7n(-c7ccccc7)c6c5)c5cccc6ccccc56)cc43)c2)cc1. The molecule has 0 saturated carbocycles. The zero-order valence-corrected chi connectivity index (χ0v) is 37.3. The quantitative estimate of drug-likeness (QED) is 0.143. The van der Waals surface area contributed by atoms with Gasteiger partial charge >= 0.3 is 0 Å². The van der Waals surface area contributed by atoms with Gasteiger partial charge in [0.15, 0.2) is 0 Å². The molecule has 0 saturated heterocycles. The summed E-state index contributed by atoms with van der Waals surface area (Å²) in [6, 6.07) is 100. The number of fused-ring (bicyclic) bond motifs is 7. The predicted octanol–water partition coefficient (Wildman–Crippen LogP) is 17.2. The van der Waals surface area contributed by atoms with Crippen LogP contribution in [0, 0.1) is 0 Å². The first-order valence-corrected chi connectivity index (χ1v) is 23.4. The van der Waals surface area contributed by atoms with Gasteiger partial charge in [0, 0.05) is 44.6 Å². The van der Waals surface area contributed by atoms with Crippen LogP contribution in [0.5, 0.6) is 0 Å². The summed E-state index contributed by atoms with van der Waals surface area (Å²) in [6.07, 6.45) is 0. The first kappa shape index (κ1) is 39.4. The van der Waals surface area contributed by atoms with Gasteiger partial charge < -0.3 is 14.4 Å². The highest BCUT2D eigenvalue weighted by Gasteiger charge is 2.50. The Morgan fingerprint density at radius 3 is 1.72 bits per heavy atom. The number of hydrogen-bond donors (Lipinski definition) is 0. The number of benzene rings is 11. The lowest BCUT2D eigenvalue weighted by atomic mass is 9.78. The summed E-state index contributed by atoms with van der Waals surface area (Å²) in [6.45, 7) is 0. The average Bonchev–Trinajstić information content (AvgIpc) is 3.90. The van der Waals surface area contributed by atoms with Gasteiger partial charge in [0.1, 0.15) is 5.54 Å². The molecule has 320 valence electrons. The summed E-state index contributed by atoms with van der Waals surface area (Å²) in [5.41, 5.74) is 16.5. The van der Waals surface area contributed by atoms with Crippen molar-refractivity contribution in [3.63, 3.8) is 0 Å². The van der Waals surface area contributed by atoms with Crippen LogP contribution in [-0.2, 0) is 5.54 Å². The molecule has 1 atom stereocenters. The smallest absolute Gasteiger partial charge is 0.122 e. The minimum atomic E-state index is -0.798. The predicted molar refractivity (Wildman–Crippen MR) is 285 cm³/mol. The molecule has 1 aliphatic rings. The standard InChI is InChI=1S/C65H45N3/c1-5-21-46(22-6-1)48-25-19-32-54(43-48)68(51-30-11-4-12-31-51)65(49-26-7-2-8-27-49)60-36-17-15-34-56(60)57-41-39-52(44-61(57)65)66(62-38-20-24-47-23-13-14-33-55(47)62)53-40-42-59-58-35-16-18-37-63(58)67(64(59)45-53)50-28-9-3-10-29-50/h1-45H. The molecular formula is C65H45N3. The van der Waals surface area contributed by atoms with Gasteiger partial charge in [0.2, 0.25) is 0 Å². The van der Waals surface area contributed by atoms with Crippen molar-refractivity contribution in [2.24, 2.45) is 0 Å². The molecule has 0 spiro atoms. The maximum atomic E-state index is 2.59. The van der Waals surface area contributed by atoms with Crippen molar-refractivity contribution in [2.45, 2.75) is 5.54 Å². The van der Waals surface area contributed by atoms with E-state index in [0.29, 0.717) is 0 Å². The van der Waals surface area contributed by atoms with E-state index in [1.807, 2.05) is 0 Å². The summed E-state index contributed by atoms with van der Waals surface area (Å²) < 4.78 is 2.41. The first-order chi connectivity index (χ1) is 33.8. The van der Waals surface area contributed by atoms with E-state index in [4.69, 9.17) is 0 Å². The Balaban J connectivity index is 1.12. The molecule has 0 aliphatic heterocycles. The fraction of sp³-hybridized carbons (Fsp3) is 0.0154. The van der Waals surface area contributed by atoms with E-state index < -0.39 is 5.54 Å². The van der Waals surface area contributed by atoms with Gasteiger partial charge in [0.25, 0.3) is 0 Å². The summed E-state index contributed by atoms with van der Waals surface area (Å²) >= 11 is 0. The number of aromatic nitrogens is 1. The normalized spacial score (nSPS) is 13.9. The third-order valence-corrected chi connectivity index (χ3v) is 13.9.